The van der Waals surface area contributed by atoms with Crippen LogP contribution in [-0.4, -0.2) is 40.0 Å². The number of rotatable bonds is 5. The molecule has 1 fully saturated rings. The van der Waals surface area contributed by atoms with E-state index in [1.54, 1.807) is 0 Å². The second-order valence-electron chi connectivity index (χ2n) is 7.31. The number of carbonyl (C=O) groups is 1. The Morgan fingerprint density at radius 2 is 2.00 bits per heavy atom. The van der Waals surface area contributed by atoms with Gasteiger partial charge in [-0.1, -0.05) is 13.8 Å². The van der Waals surface area contributed by atoms with Gasteiger partial charge in [0.2, 0.25) is 5.91 Å². The topological polar surface area (TPSA) is 71.0 Å². The SMILES string of the molecule is CCc1nc2cc(N3CCC[C@@H](C(=O)NC(C)C)C3)cnc2nc1CC. The number of anilines is 1. The fourth-order valence-electron chi connectivity index (χ4n) is 3.57. The molecule has 6 heteroatoms. The molecule has 0 unspecified atom stereocenters. The number of pyridine rings is 1. The van der Waals surface area contributed by atoms with Crippen LogP contribution < -0.4 is 10.2 Å². The minimum Gasteiger partial charge on any atom is -0.369 e. The zero-order valence-corrected chi connectivity index (χ0v) is 16.2. The lowest BCUT2D eigenvalue weighted by Gasteiger charge is -2.33. The molecule has 1 aliphatic heterocycles. The summed E-state index contributed by atoms with van der Waals surface area (Å²) < 4.78 is 0. The maximum absolute atomic E-state index is 12.4. The molecule has 3 heterocycles. The van der Waals surface area contributed by atoms with Gasteiger partial charge in [0.25, 0.3) is 0 Å². The highest BCUT2D eigenvalue weighted by Gasteiger charge is 2.26. The van der Waals surface area contributed by atoms with Crippen molar-refractivity contribution in [2.24, 2.45) is 5.92 Å². The van der Waals surface area contributed by atoms with Gasteiger partial charge >= 0.3 is 0 Å². The molecule has 0 bridgehead atoms. The van der Waals surface area contributed by atoms with Crippen LogP contribution in [0.1, 0.15) is 51.9 Å². The first-order chi connectivity index (χ1) is 12.5. The van der Waals surface area contributed by atoms with Crippen molar-refractivity contribution in [3.63, 3.8) is 0 Å². The van der Waals surface area contributed by atoms with E-state index in [0.717, 1.165) is 61.4 Å². The fraction of sp³-hybridized carbons (Fsp3) is 0.600. The smallest absolute Gasteiger partial charge is 0.225 e. The summed E-state index contributed by atoms with van der Waals surface area (Å²) in [7, 11) is 0. The Kier molecular flexibility index (Phi) is 5.69. The minimum atomic E-state index is 0.0293. The van der Waals surface area contributed by atoms with Gasteiger partial charge in [-0.15, -0.1) is 0 Å². The Morgan fingerprint density at radius 3 is 2.69 bits per heavy atom. The van der Waals surface area contributed by atoms with Crippen LogP contribution in [0.4, 0.5) is 5.69 Å². The lowest BCUT2D eigenvalue weighted by Crippen LogP contribution is -2.44. The molecule has 0 saturated carbocycles. The highest BCUT2D eigenvalue weighted by molar-refractivity contribution is 5.80. The van der Waals surface area contributed by atoms with E-state index in [-0.39, 0.29) is 17.9 Å². The molecule has 1 atom stereocenters. The average Bonchev–Trinajstić information content (AvgIpc) is 2.65. The van der Waals surface area contributed by atoms with Crippen LogP contribution in [0.2, 0.25) is 0 Å². The zero-order valence-electron chi connectivity index (χ0n) is 16.2. The maximum Gasteiger partial charge on any atom is 0.225 e. The normalized spacial score (nSPS) is 17.7. The van der Waals surface area contributed by atoms with E-state index in [0.29, 0.717) is 5.65 Å². The standard InChI is InChI=1S/C20H29N5O/c1-5-16-17(6-2)24-19-18(23-16)10-15(11-21-19)25-9-7-8-14(12-25)20(26)22-13(3)4/h10-11,13-14H,5-9,12H2,1-4H3,(H,22,26)/t14-/m1/s1. The summed E-state index contributed by atoms with van der Waals surface area (Å²) in [5.74, 6) is 0.181. The molecule has 6 nitrogen and oxygen atoms in total. The average molecular weight is 355 g/mol. The van der Waals surface area contributed by atoms with Gasteiger partial charge < -0.3 is 10.2 Å². The van der Waals surface area contributed by atoms with Gasteiger partial charge in [-0.25, -0.2) is 15.0 Å². The van der Waals surface area contributed by atoms with Crippen molar-refractivity contribution < 1.29 is 4.79 Å². The molecule has 1 N–H and O–H groups in total. The first-order valence-electron chi connectivity index (χ1n) is 9.72. The Morgan fingerprint density at radius 1 is 1.27 bits per heavy atom. The summed E-state index contributed by atoms with van der Waals surface area (Å²) in [4.78, 5) is 28.6. The third kappa shape index (κ3) is 3.94. The third-order valence-corrected chi connectivity index (χ3v) is 4.92. The summed E-state index contributed by atoms with van der Waals surface area (Å²) in [5.41, 5.74) is 4.65. The van der Waals surface area contributed by atoms with Gasteiger partial charge in [0.1, 0.15) is 5.52 Å². The first kappa shape index (κ1) is 18.5. The van der Waals surface area contributed by atoms with E-state index in [2.05, 4.69) is 40.1 Å². The molecule has 2 aromatic rings. The summed E-state index contributed by atoms with van der Waals surface area (Å²) in [5, 5.41) is 3.04. The zero-order chi connectivity index (χ0) is 18.7. The Hall–Kier alpha value is -2.24. The molecule has 1 aliphatic rings. The van der Waals surface area contributed by atoms with Gasteiger partial charge in [-0.2, -0.15) is 0 Å². The van der Waals surface area contributed by atoms with E-state index in [1.165, 1.54) is 0 Å². The van der Waals surface area contributed by atoms with Crippen LogP contribution in [0.5, 0.6) is 0 Å². The highest BCUT2D eigenvalue weighted by atomic mass is 16.2. The molecule has 0 spiro atoms. The monoisotopic (exact) mass is 355 g/mol. The molecule has 0 aromatic carbocycles. The number of carbonyl (C=O) groups excluding carboxylic acids is 1. The minimum absolute atomic E-state index is 0.0293. The number of fused-ring (bicyclic) bond motifs is 1. The predicted octanol–water partition coefficient (Wildman–Crippen LogP) is 2.89. The molecule has 1 amide bonds. The Labute approximate surface area is 155 Å². The summed E-state index contributed by atoms with van der Waals surface area (Å²) in [6.07, 6.45) is 5.56. The van der Waals surface area contributed by atoms with Gasteiger partial charge in [0, 0.05) is 19.1 Å². The Balaban J connectivity index is 1.84. The lowest BCUT2D eigenvalue weighted by atomic mass is 9.96. The van der Waals surface area contributed by atoms with E-state index >= 15 is 0 Å². The second-order valence-corrected chi connectivity index (χ2v) is 7.31. The molecule has 3 rings (SSSR count). The molecule has 2 aromatic heterocycles. The molecule has 1 saturated heterocycles. The van der Waals surface area contributed by atoms with Crippen LogP contribution in [-0.2, 0) is 17.6 Å². The van der Waals surface area contributed by atoms with Crippen molar-refractivity contribution in [1.29, 1.82) is 0 Å². The van der Waals surface area contributed by atoms with E-state index in [1.807, 2.05) is 20.0 Å². The molecule has 140 valence electrons. The summed E-state index contributed by atoms with van der Waals surface area (Å²) in [6.45, 7) is 9.88. The number of amides is 1. The Bertz CT molecular complexity index is 789. The number of aromatic nitrogens is 3. The van der Waals surface area contributed by atoms with E-state index < -0.39 is 0 Å². The number of nitrogens with one attached hydrogen (secondary N) is 1. The van der Waals surface area contributed by atoms with Crippen LogP contribution in [0.3, 0.4) is 0 Å². The van der Waals surface area contributed by atoms with Gasteiger partial charge in [-0.05, 0) is 45.6 Å². The molecule has 0 aliphatic carbocycles. The van der Waals surface area contributed by atoms with Gasteiger partial charge in [0.05, 0.1) is 29.2 Å². The van der Waals surface area contributed by atoms with Crippen LogP contribution in [0.25, 0.3) is 11.2 Å². The first-order valence-corrected chi connectivity index (χ1v) is 9.72. The van der Waals surface area contributed by atoms with E-state index in [4.69, 9.17) is 4.98 Å². The molecule has 26 heavy (non-hydrogen) atoms. The van der Waals surface area contributed by atoms with Crippen LogP contribution in [0, 0.1) is 5.92 Å². The number of nitrogens with zero attached hydrogens (tertiary/aromatic N) is 4. The lowest BCUT2D eigenvalue weighted by molar-refractivity contribution is -0.125. The molecular formula is C20H29N5O. The quantitative estimate of drug-likeness (QED) is 0.893. The third-order valence-electron chi connectivity index (χ3n) is 4.92. The van der Waals surface area contributed by atoms with Crippen molar-refractivity contribution in [2.45, 2.75) is 59.4 Å². The fourth-order valence-corrected chi connectivity index (χ4v) is 3.57. The van der Waals surface area contributed by atoms with Crippen molar-refractivity contribution >= 4 is 22.8 Å². The van der Waals surface area contributed by atoms with Crippen molar-refractivity contribution in [2.75, 3.05) is 18.0 Å². The number of hydrogen-bond donors (Lipinski definition) is 1. The van der Waals surface area contributed by atoms with Crippen molar-refractivity contribution in [3.05, 3.63) is 23.7 Å². The molecule has 0 radical (unpaired) electrons. The van der Waals surface area contributed by atoms with Gasteiger partial charge in [-0.3, -0.25) is 4.79 Å². The predicted molar refractivity (Wildman–Crippen MR) is 104 cm³/mol. The number of hydrogen-bond acceptors (Lipinski definition) is 5. The molecular weight excluding hydrogens is 326 g/mol. The van der Waals surface area contributed by atoms with Crippen molar-refractivity contribution in [3.8, 4) is 0 Å². The number of aryl methyl sites for hydroxylation is 2. The van der Waals surface area contributed by atoms with Gasteiger partial charge in [0.15, 0.2) is 5.65 Å². The largest absolute Gasteiger partial charge is 0.369 e. The van der Waals surface area contributed by atoms with E-state index in [9.17, 15) is 4.79 Å². The summed E-state index contributed by atoms with van der Waals surface area (Å²) in [6, 6.07) is 2.24. The summed E-state index contributed by atoms with van der Waals surface area (Å²) >= 11 is 0. The number of piperidine rings is 1. The second kappa shape index (κ2) is 7.98. The van der Waals surface area contributed by atoms with Crippen LogP contribution in [0.15, 0.2) is 12.3 Å². The highest BCUT2D eigenvalue weighted by Crippen LogP contribution is 2.25. The van der Waals surface area contributed by atoms with Crippen molar-refractivity contribution in [1.82, 2.24) is 20.3 Å². The maximum atomic E-state index is 12.4. The van der Waals surface area contributed by atoms with Crippen LogP contribution >= 0.6 is 0 Å².